The summed E-state index contributed by atoms with van der Waals surface area (Å²) in [6.45, 7) is 12.3. The van der Waals surface area contributed by atoms with Crippen LogP contribution >= 0.6 is 0 Å². The Balaban J connectivity index is 2.29. The van der Waals surface area contributed by atoms with Crippen LogP contribution in [0.2, 0.25) is 0 Å². The van der Waals surface area contributed by atoms with Crippen molar-refractivity contribution in [3.63, 3.8) is 0 Å². The van der Waals surface area contributed by atoms with Gasteiger partial charge in [-0.25, -0.2) is 0 Å². The van der Waals surface area contributed by atoms with Gasteiger partial charge in [-0.2, -0.15) is 0 Å². The highest BCUT2D eigenvalue weighted by molar-refractivity contribution is 5.79. The van der Waals surface area contributed by atoms with Crippen molar-refractivity contribution in [2.75, 3.05) is 13.1 Å². The van der Waals surface area contributed by atoms with Crippen LogP contribution in [0.25, 0.3) is 0 Å². The van der Waals surface area contributed by atoms with Crippen molar-refractivity contribution >= 4 is 5.91 Å². The van der Waals surface area contributed by atoms with Crippen molar-refractivity contribution in [3.8, 4) is 0 Å². The van der Waals surface area contributed by atoms with Crippen LogP contribution in [0.4, 0.5) is 0 Å². The summed E-state index contributed by atoms with van der Waals surface area (Å²) in [6, 6.07) is 0.320. The maximum Gasteiger partial charge on any atom is 0.234 e. The molecule has 1 aliphatic carbocycles. The first kappa shape index (κ1) is 12.5. The van der Waals surface area contributed by atoms with Crippen molar-refractivity contribution in [2.45, 2.75) is 47.1 Å². The lowest BCUT2D eigenvalue weighted by Crippen LogP contribution is -2.37. The maximum atomic E-state index is 11.6. The molecule has 0 bridgehead atoms. The fourth-order valence-electron chi connectivity index (χ4n) is 2.15. The molecule has 0 aromatic heterocycles. The van der Waals surface area contributed by atoms with E-state index < -0.39 is 0 Å². The predicted molar refractivity (Wildman–Crippen MR) is 62.7 cm³/mol. The summed E-state index contributed by atoms with van der Waals surface area (Å²) in [5.74, 6) is 0.118. The summed E-state index contributed by atoms with van der Waals surface area (Å²) >= 11 is 0. The molecule has 0 spiro atoms. The van der Waals surface area contributed by atoms with Crippen LogP contribution in [0, 0.1) is 10.8 Å². The van der Waals surface area contributed by atoms with E-state index in [0.717, 1.165) is 13.0 Å². The van der Waals surface area contributed by atoms with Gasteiger partial charge >= 0.3 is 0 Å². The minimum atomic E-state index is 0.118. The van der Waals surface area contributed by atoms with Crippen molar-refractivity contribution in [2.24, 2.45) is 10.8 Å². The van der Waals surface area contributed by atoms with E-state index in [0.29, 0.717) is 12.6 Å². The zero-order chi connectivity index (χ0) is 11.7. The molecule has 3 nitrogen and oxygen atoms in total. The van der Waals surface area contributed by atoms with E-state index in [1.54, 1.807) is 0 Å². The van der Waals surface area contributed by atoms with Crippen molar-refractivity contribution < 1.29 is 4.79 Å². The molecule has 2 N–H and O–H groups in total. The third-order valence-corrected chi connectivity index (χ3v) is 4.04. The van der Waals surface area contributed by atoms with Crippen LogP contribution in [-0.4, -0.2) is 25.0 Å². The Morgan fingerprint density at radius 2 is 1.73 bits per heavy atom. The first-order valence-corrected chi connectivity index (χ1v) is 5.84. The number of amides is 1. The van der Waals surface area contributed by atoms with Crippen molar-refractivity contribution in [1.82, 2.24) is 10.6 Å². The van der Waals surface area contributed by atoms with E-state index in [4.69, 9.17) is 0 Å². The van der Waals surface area contributed by atoms with Gasteiger partial charge in [0.15, 0.2) is 0 Å². The monoisotopic (exact) mass is 212 g/mol. The molecule has 0 radical (unpaired) electrons. The quantitative estimate of drug-likeness (QED) is 0.679. The molecule has 0 heterocycles. The molecule has 15 heavy (non-hydrogen) atoms. The van der Waals surface area contributed by atoms with Gasteiger partial charge in [-0.3, -0.25) is 4.79 Å². The third kappa shape index (κ3) is 2.33. The summed E-state index contributed by atoms with van der Waals surface area (Å²) < 4.78 is 0. The minimum Gasteiger partial charge on any atom is -0.351 e. The van der Waals surface area contributed by atoms with Gasteiger partial charge < -0.3 is 10.6 Å². The lowest BCUT2D eigenvalue weighted by molar-refractivity contribution is -0.120. The standard InChI is InChI=1S/C12H24N2O/c1-6-7-13-8-9(15)14-10-11(2,3)12(10,4)5/h10,13H,6-8H2,1-5H3,(H,14,15). The van der Waals surface area contributed by atoms with Crippen molar-refractivity contribution in [3.05, 3.63) is 0 Å². The Kier molecular flexibility index (Phi) is 3.44. The Morgan fingerprint density at radius 1 is 1.20 bits per heavy atom. The molecule has 0 aliphatic heterocycles. The fourth-order valence-corrected chi connectivity index (χ4v) is 2.15. The highest BCUT2D eigenvalue weighted by Crippen LogP contribution is 2.62. The largest absolute Gasteiger partial charge is 0.351 e. The van der Waals surface area contributed by atoms with Gasteiger partial charge in [0.2, 0.25) is 5.91 Å². The van der Waals surface area contributed by atoms with Crippen LogP contribution in [0.3, 0.4) is 0 Å². The Bertz CT molecular complexity index is 232. The average Bonchev–Trinajstić information content (AvgIpc) is 2.49. The molecule has 1 aliphatic rings. The summed E-state index contributed by atoms with van der Waals surface area (Å²) in [4.78, 5) is 11.6. The summed E-state index contributed by atoms with van der Waals surface area (Å²) in [5, 5.41) is 6.20. The van der Waals surface area contributed by atoms with Crippen LogP contribution in [0.15, 0.2) is 0 Å². The van der Waals surface area contributed by atoms with Gasteiger partial charge in [0, 0.05) is 6.04 Å². The number of hydrogen-bond donors (Lipinski definition) is 2. The lowest BCUT2D eigenvalue weighted by Gasteiger charge is -2.07. The van der Waals surface area contributed by atoms with Gasteiger partial charge in [0.1, 0.15) is 0 Å². The van der Waals surface area contributed by atoms with Crippen molar-refractivity contribution in [1.29, 1.82) is 0 Å². The Morgan fingerprint density at radius 3 is 2.13 bits per heavy atom. The van der Waals surface area contributed by atoms with Crippen LogP contribution in [0.5, 0.6) is 0 Å². The second-order valence-electron chi connectivity index (χ2n) is 5.62. The van der Waals surface area contributed by atoms with E-state index in [1.807, 2.05) is 0 Å². The summed E-state index contributed by atoms with van der Waals surface area (Å²) in [6.07, 6.45) is 1.06. The number of carbonyl (C=O) groups excluding carboxylic acids is 1. The number of hydrogen-bond acceptors (Lipinski definition) is 2. The zero-order valence-corrected chi connectivity index (χ0v) is 10.6. The molecule has 88 valence electrons. The maximum absolute atomic E-state index is 11.6. The van der Waals surface area contributed by atoms with E-state index in [2.05, 4.69) is 45.3 Å². The molecule has 3 heteroatoms. The third-order valence-electron chi connectivity index (χ3n) is 4.04. The number of rotatable bonds is 5. The van der Waals surface area contributed by atoms with Gasteiger partial charge in [0.25, 0.3) is 0 Å². The van der Waals surface area contributed by atoms with E-state index in [-0.39, 0.29) is 16.7 Å². The highest BCUT2D eigenvalue weighted by atomic mass is 16.2. The molecule has 1 amide bonds. The van der Waals surface area contributed by atoms with Gasteiger partial charge in [0.05, 0.1) is 6.54 Å². The SMILES string of the molecule is CCCNCC(=O)NC1C(C)(C)C1(C)C. The van der Waals surface area contributed by atoms with E-state index in [9.17, 15) is 4.79 Å². The summed E-state index contributed by atoms with van der Waals surface area (Å²) in [7, 11) is 0. The second kappa shape index (κ2) is 4.12. The number of carbonyl (C=O) groups is 1. The molecule has 1 fully saturated rings. The molecule has 0 atom stereocenters. The molecule has 0 aromatic rings. The topological polar surface area (TPSA) is 41.1 Å². The smallest absolute Gasteiger partial charge is 0.234 e. The zero-order valence-electron chi connectivity index (χ0n) is 10.6. The Hall–Kier alpha value is -0.570. The summed E-state index contributed by atoms with van der Waals surface area (Å²) in [5.41, 5.74) is 0.459. The van der Waals surface area contributed by atoms with Crippen LogP contribution in [0.1, 0.15) is 41.0 Å². The van der Waals surface area contributed by atoms with Crippen LogP contribution in [-0.2, 0) is 4.79 Å². The molecule has 1 rings (SSSR count). The lowest BCUT2D eigenvalue weighted by atomic mass is 10.0. The average molecular weight is 212 g/mol. The molecule has 1 saturated carbocycles. The minimum absolute atomic E-state index is 0.118. The van der Waals surface area contributed by atoms with Gasteiger partial charge in [-0.15, -0.1) is 0 Å². The van der Waals surface area contributed by atoms with Gasteiger partial charge in [-0.1, -0.05) is 34.6 Å². The highest BCUT2D eigenvalue weighted by Gasteiger charge is 2.65. The first-order chi connectivity index (χ1) is 6.84. The predicted octanol–water partition coefficient (Wildman–Crippen LogP) is 1.54. The molecule has 0 aromatic carbocycles. The van der Waals surface area contributed by atoms with Crippen LogP contribution < -0.4 is 10.6 Å². The fraction of sp³-hybridized carbons (Fsp3) is 0.917. The first-order valence-electron chi connectivity index (χ1n) is 5.84. The molecular weight excluding hydrogens is 188 g/mol. The molecule has 0 saturated heterocycles. The molecular formula is C12H24N2O. The second-order valence-corrected chi connectivity index (χ2v) is 5.62. The van der Waals surface area contributed by atoms with E-state index >= 15 is 0 Å². The Labute approximate surface area is 93.0 Å². The van der Waals surface area contributed by atoms with E-state index in [1.165, 1.54) is 0 Å². The number of nitrogens with one attached hydrogen (secondary N) is 2. The molecule has 0 unspecified atom stereocenters. The van der Waals surface area contributed by atoms with Gasteiger partial charge in [-0.05, 0) is 23.8 Å². The normalized spacial score (nSPS) is 22.5.